The third-order valence-electron chi connectivity index (χ3n) is 5.18. The molecule has 0 spiro atoms. The van der Waals surface area contributed by atoms with Crippen LogP contribution in [-0.2, 0) is 0 Å². The number of hydrogen-bond donors (Lipinski definition) is 1. The van der Waals surface area contributed by atoms with Gasteiger partial charge in [0.05, 0.1) is 11.8 Å². The van der Waals surface area contributed by atoms with Crippen LogP contribution >= 0.6 is 0 Å². The third kappa shape index (κ3) is 3.94. The Morgan fingerprint density at radius 3 is 2.68 bits per heavy atom. The lowest BCUT2D eigenvalue weighted by atomic mass is 10.1. The Balaban J connectivity index is 1.35. The van der Waals surface area contributed by atoms with E-state index >= 15 is 0 Å². The topological polar surface area (TPSA) is 78.0 Å². The van der Waals surface area contributed by atoms with Gasteiger partial charge in [-0.05, 0) is 25.1 Å². The van der Waals surface area contributed by atoms with Crippen molar-refractivity contribution in [2.75, 3.05) is 31.1 Å². The van der Waals surface area contributed by atoms with E-state index in [4.69, 9.17) is 0 Å². The van der Waals surface area contributed by atoms with Crippen LogP contribution < -0.4 is 4.90 Å². The molecule has 1 unspecified atom stereocenters. The highest BCUT2D eigenvalue weighted by molar-refractivity contribution is 6.00. The largest absolute Gasteiger partial charge is 0.366 e. The molecule has 0 amide bonds. The molecule has 1 N–H and O–H groups in total. The fourth-order valence-electron chi connectivity index (χ4n) is 3.73. The Morgan fingerprint density at radius 1 is 1.14 bits per heavy atom. The van der Waals surface area contributed by atoms with Crippen molar-refractivity contribution in [2.24, 2.45) is 0 Å². The first-order valence-corrected chi connectivity index (χ1v) is 9.60. The van der Waals surface area contributed by atoms with Crippen LogP contribution in [0.4, 0.5) is 5.69 Å². The maximum Gasteiger partial charge on any atom is 0.178 e. The van der Waals surface area contributed by atoms with Crippen LogP contribution in [0.15, 0.2) is 55.0 Å². The molecule has 2 aromatic heterocycles. The van der Waals surface area contributed by atoms with Crippen LogP contribution in [0.3, 0.4) is 0 Å². The standard InChI is InChI=1S/C21H24N6O/c1-16-15-26(12-13-27(16)17-6-3-2-4-7-17)11-8-19(28)18-14-24-25-20(18)21-22-9-5-10-23-21/h2-7,9-10,14,16H,8,11-13,15H2,1H3,(H,24,25). The zero-order valence-electron chi connectivity index (χ0n) is 16.0. The van der Waals surface area contributed by atoms with Gasteiger partial charge in [0.15, 0.2) is 11.6 Å². The molecular formula is C21H24N6O. The fourth-order valence-corrected chi connectivity index (χ4v) is 3.73. The summed E-state index contributed by atoms with van der Waals surface area (Å²) in [5, 5.41) is 6.88. The first-order chi connectivity index (χ1) is 13.7. The first-order valence-electron chi connectivity index (χ1n) is 9.60. The number of nitrogens with one attached hydrogen (secondary N) is 1. The van der Waals surface area contributed by atoms with Crippen LogP contribution in [0, 0.1) is 0 Å². The maximum atomic E-state index is 12.8. The first kappa shape index (κ1) is 18.3. The van der Waals surface area contributed by atoms with Gasteiger partial charge in [0.2, 0.25) is 0 Å². The maximum absolute atomic E-state index is 12.8. The summed E-state index contributed by atoms with van der Waals surface area (Å²) in [5.41, 5.74) is 2.41. The van der Waals surface area contributed by atoms with E-state index in [1.165, 1.54) is 5.69 Å². The van der Waals surface area contributed by atoms with Gasteiger partial charge >= 0.3 is 0 Å². The van der Waals surface area contributed by atoms with Crippen molar-refractivity contribution in [1.29, 1.82) is 0 Å². The number of para-hydroxylation sites is 1. The van der Waals surface area contributed by atoms with Crippen LogP contribution in [0.25, 0.3) is 11.5 Å². The summed E-state index contributed by atoms with van der Waals surface area (Å²) in [4.78, 5) is 26.0. The molecule has 144 valence electrons. The molecule has 7 heteroatoms. The summed E-state index contributed by atoms with van der Waals surface area (Å²) in [6.45, 7) is 5.84. The second-order valence-electron chi connectivity index (χ2n) is 7.08. The molecule has 1 atom stereocenters. The van der Waals surface area contributed by atoms with E-state index in [9.17, 15) is 4.79 Å². The molecule has 7 nitrogen and oxygen atoms in total. The van der Waals surface area contributed by atoms with Crippen molar-refractivity contribution in [3.8, 4) is 11.5 Å². The van der Waals surface area contributed by atoms with E-state index < -0.39 is 0 Å². The predicted octanol–water partition coefficient (Wildman–Crippen LogP) is 2.65. The van der Waals surface area contributed by atoms with E-state index in [2.05, 4.69) is 61.2 Å². The summed E-state index contributed by atoms with van der Waals surface area (Å²) < 4.78 is 0. The third-order valence-corrected chi connectivity index (χ3v) is 5.18. The summed E-state index contributed by atoms with van der Waals surface area (Å²) in [7, 11) is 0. The summed E-state index contributed by atoms with van der Waals surface area (Å²) >= 11 is 0. The number of benzene rings is 1. The molecule has 1 fully saturated rings. The molecule has 4 rings (SSSR count). The zero-order valence-corrected chi connectivity index (χ0v) is 16.0. The number of aromatic amines is 1. The molecule has 0 saturated carbocycles. The minimum atomic E-state index is 0.0642. The van der Waals surface area contributed by atoms with Crippen molar-refractivity contribution in [3.63, 3.8) is 0 Å². The lowest BCUT2D eigenvalue weighted by Crippen LogP contribution is -2.52. The molecule has 1 aliphatic rings. The van der Waals surface area contributed by atoms with Gasteiger partial charge in [-0.3, -0.25) is 14.8 Å². The number of piperazine rings is 1. The average Bonchev–Trinajstić information content (AvgIpc) is 3.23. The Kier molecular flexibility index (Phi) is 5.43. The minimum absolute atomic E-state index is 0.0642. The van der Waals surface area contributed by atoms with E-state index in [0.29, 0.717) is 29.5 Å². The monoisotopic (exact) mass is 376 g/mol. The fraction of sp³-hybridized carbons (Fsp3) is 0.333. The van der Waals surface area contributed by atoms with Crippen molar-refractivity contribution in [1.82, 2.24) is 25.1 Å². The molecule has 3 aromatic rings. The Hall–Kier alpha value is -3.06. The van der Waals surface area contributed by atoms with E-state index in [1.54, 1.807) is 24.7 Å². The average molecular weight is 376 g/mol. The number of nitrogens with zero attached hydrogens (tertiary/aromatic N) is 5. The van der Waals surface area contributed by atoms with Gasteiger partial charge in [0.25, 0.3) is 0 Å². The minimum Gasteiger partial charge on any atom is -0.366 e. The number of rotatable bonds is 6. The quantitative estimate of drug-likeness (QED) is 0.667. The van der Waals surface area contributed by atoms with Crippen molar-refractivity contribution >= 4 is 11.5 Å². The highest BCUT2D eigenvalue weighted by Crippen LogP contribution is 2.21. The van der Waals surface area contributed by atoms with Gasteiger partial charge in [-0.2, -0.15) is 5.10 Å². The molecule has 28 heavy (non-hydrogen) atoms. The van der Waals surface area contributed by atoms with E-state index in [0.717, 1.165) is 26.2 Å². The number of Topliss-reactive ketones (excluding diaryl/α,β-unsaturated/α-hetero) is 1. The van der Waals surface area contributed by atoms with Crippen molar-refractivity contribution in [3.05, 3.63) is 60.6 Å². The highest BCUT2D eigenvalue weighted by Gasteiger charge is 2.25. The van der Waals surface area contributed by atoms with Gasteiger partial charge < -0.3 is 4.90 Å². The number of aromatic nitrogens is 4. The van der Waals surface area contributed by atoms with E-state index in [-0.39, 0.29) is 5.78 Å². The second-order valence-corrected chi connectivity index (χ2v) is 7.08. The highest BCUT2D eigenvalue weighted by atomic mass is 16.1. The Morgan fingerprint density at radius 2 is 1.93 bits per heavy atom. The molecule has 1 aromatic carbocycles. The lowest BCUT2D eigenvalue weighted by Gasteiger charge is -2.41. The van der Waals surface area contributed by atoms with Crippen molar-refractivity contribution in [2.45, 2.75) is 19.4 Å². The lowest BCUT2D eigenvalue weighted by molar-refractivity contribution is 0.0959. The molecule has 1 saturated heterocycles. The molecule has 0 radical (unpaired) electrons. The number of anilines is 1. The number of carbonyl (C=O) groups is 1. The van der Waals surface area contributed by atoms with Crippen LogP contribution in [0.1, 0.15) is 23.7 Å². The smallest absolute Gasteiger partial charge is 0.178 e. The number of hydrogen-bond acceptors (Lipinski definition) is 6. The SMILES string of the molecule is CC1CN(CCC(=O)c2cn[nH]c2-c2ncccn2)CCN1c1ccccc1. The molecule has 1 aliphatic heterocycles. The zero-order chi connectivity index (χ0) is 19.3. The van der Waals surface area contributed by atoms with Crippen molar-refractivity contribution < 1.29 is 4.79 Å². The molecule has 3 heterocycles. The van der Waals surface area contributed by atoms with Gasteiger partial charge in [0, 0.05) is 56.7 Å². The Bertz CT molecular complexity index is 911. The van der Waals surface area contributed by atoms with Gasteiger partial charge in [-0.15, -0.1) is 0 Å². The molecular weight excluding hydrogens is 352 g/mol. The normalized spacial score (nSPS) is 17.6. The molecule has 0 aliphatic carbocycles. The number of H-pyrrole nitrogens is 1. The van der Waals surface area contributed by atoms with Gasteiger partial charge in [0.1, 0.15) is 5.69 Å². The number of carbonyl (C=O) groups excluding carboxylic acids is 1. The van der Waals surface area contributed by atoms with Gasteiger partial charge in [-0.25, -0.2) is 9.97 Å². The van der Waals surface area contributed by atoms with Crippen LogP contribution in [0.2, 0.25) is 0 Å². The van der Waals surface area contributed by atoms with Crippen LogP contribution in [0.5, 0.6) is 0 Å². The summed E-state index contributed by atoms with van der Waals surface area (Å²) in [6.07, 6.45) is 5.34. The van der Waals surface area contributed by atoms with Crippen LogP contribution in [-0.4, -0.2) is 63.1 Å². The second kappa shape index (κ2) is 8.31. The summed E-state index contributed by atoms with van der Waals surface area (Å²) in [5.74, 6) is 0.558. The predicted molar refractivity (Wildman–Crippen MR) is 108 cm³/mol. The van der Waals surface area contributed by atoms with Gasteiger partial charge in [-0.1, -0.05) is 18.2 Å². The number of ketones is 1. The molecule has 0 bridgehead atoms. The Labute approximate surface area is 164 Å². The summed E-state index contributed by atoms with van der Waals surface area (Å²) in [6, 6.07) is 12.7. The van der Waals surface area contributed by atoms with E-state index in [1.807, 2.05) is 6.07 Å².